The number of benzene rings is 2. The van der Waals surface area contributed by atoms with Crippen LogP contribution in [0, 0.1) is 12.7 Å². The highest BCUT2D eigenvalue weighted by Gasteiger charge is 2.22. The summed E-state index contributed by atoms with van der Waals surface area (Å²) in [6.07, 6.45) is 1.59. The van der Waals surface area contributed by atoms with E-state index < -0.39 is 21.6 Å². The molecule has 162 valence electrons. The summed E-state index contributed by atoms with van der Waals surface area (Å²) in [4.78, 5) is 12.4. The molecule has 3 rings (SSSR count). The highest BCUT2D eigenvalue weighted by Crippen LogP contribution is 2.22. The van der Waals surface area contributed by atoms with Gasteiger partial charge < -0.3 is 9.88 Å². The molecule has 0 saturated heterocycles. The minimum Gasteiger partial charge on any atom is -0.323 e. The van der Waals surface area contributed by atoms with Crippen LogP contribution in [0.2, 0.25) is 0 Å². The van der Waals surface area contributed by atoms with Crippen molar-refractivity contribution in [2.75, 3.05) is 11.1 Å². The third-order valence-corrected chi connectivity index (χ3v) is 6.88. The Morgan fingerprint density at radius 2 is 1.90 bits per heavy atom. The van der Waals surface area contributed by atoms with E-state index >= 15 is 0 Å². The van der Waals surface area contributed by atoms with E-state index in [0.717, 1.165) is 17.3 Å². The number of anilines is 1. The number of nitrogens with one attached hydrogen (secondary N) is 1. The molecule has 0 aliphatic heterocycles. The van der Waals surface area contributed by atoms with Crippen molar-refractivity contribution in [3.8, 4) is 0 Å². The second-order valence-electron chi connectivity index (χ2n) is 6.69. The summed E-state index contributed by atoms with van der Waals surface area (Å²) in [5, 5.41) is 10.9. The summed E-state index contributed by atoms with van der Waals surface area (Å²) < 4.78 is 40.8. The Hall–Kier alpha value is -2.98. The van der Waals surface area contributed by atoms with E-state index in [-0.39, 0.29) is 34.5 Å². The normalized spacial score (nSPS) is 11.3. The molecule has 1 aromatic heterocycles. The van der Waals surface area contributed by atoms with Crippen LogP contribution >= 0.6 is 11.8 Å². The van der Waals surface area contributed by atoms with Gasteiger partial charge in [0.25, 0.3) is 0 Å². The van der Waals surface area contributed by atoms with Gasteiger partial charge in [-0.2, -0.15) is 0 Å². The molecular formula is C21H21FN4O3S2. The van der Waals surface area contributed by atoms with E-state index in [2.05, 4.69) is 22.1 Å². The molecule has 0 saturated carbocycles. The van der Waals surface area contributed by atoms with Gasteiger partial charge in [0.15, 0.2) is 15.0 Å². The lowest BCUT2D eigenvalue weighted by atomic mass is 10.2. The number of carbonyl (C=O) groups is 1. The SMILES string of the molecule is C=CCn1c(CS(=O)(=O)c2ccc(C)cc2)nnc1SCC(=O)Nc1ccccc1F. The lowest BCUT2D eigenvalue weighted by Gasteiger charge is -2.09. The van der Waals surface area contributed by atoms with Crippen molar-refractivity contribution >= 4 is 33.2 Å². The number of nitrogens with zero attached hydrogens (tertiary/aromatic N) is 3. The number of sulfone groups is 1. The molecular weight excluding hydrogens is 439 g/mol. The lowest BCUT2D eigenvalue weighted by Crippen LogP contribution is -2.16. The molecule has 3 aromatic rings. The van der Waals surface area contributed by atoms with Gasteiger partial charge in [-0.15, -0.1) is 16.8 Å². The number of carbonyl (C=O) groups excluding carboxylic acids is 1. The van der Waals surface area contributed by atoms with Crippen molar-refractivity contribution in [1.82, 2.24) is 14.8 Å². The minimum atomic E-state index is -3.62. The molecule has 0 unspecified atom stereocenters. The van der Waals surface area contributed by atoms with Crippen LogP contribution in [0.15, 0.2) is 71.2 Å². The second kappa shape index (κ2) is 9.88. The predicted molar refractivity (Wildman–Crippen MR) is 118 cm³/mol. The number of rotatable bonds is 9. The van der Waals surface area contributed by atoms with Gasteiger partial charge in [-0.1, -0.05) is 47.7 Å². The van der Waals surface area contributed by atoms with Crippen molar-refractivity contribution in [3.05, 3.63) is 78.4 Å². The molecule has 1 N–H and O–H groups in total. The van der Waals surface area contributed by atoms with E-state index in [9.17, 15) is 17.6 Å². The average Bonchev–Trinajstić information content (AvgIpc) is 3.09. The maximum Gasteiger partial charge on any atom is 0.234 e. The van der Waals surface area contributed by atoms with Crippen LogP contribution in [0.3, 0.4) is 0 Å². The summed E-state index contributed by atoms with van der Waals surface area (Å²) in [5.41, 5.74) is 1.05. The van der Waals surface area contributed by atoms with Crippen LogP contribution in [0.5, 0.6) is 0 Å². The molecule has 0 fully saturated rings. The second-order valence-corrected chi connectivity index (χ2v) is 9.62. The molecule has 7 nitrogen and oxygen atoms in total. The largest absolute Gasteiger partial charge is 0.323 e. The summed E-state index contributed by atoms with van der Waals surface area (Å²) >= 11 is 1.08. The first-order valence-electron chi connectivity index (χ1n) is 9.30. The van der Waals surface area contributed by atoms with Gasteiger partial charge in [0, 0.05) is 6.54 Å². The molecule has 1 heterocycles. The molecule has 31 heavy (non-hydrogen) atoms. The molecule has 2 aromatic carbocycles. The van der Waals surface area contributed by atoms with Crippen LogP contribution in [0.25, 0.3) is 0 Å². The van der Waals surface area contributed by atoms with E-state index in [1.54, 1.807) is 41.0 Å². The molecule has 0 aliphatic rings. The number of aryl methyl sites for hydroxylation is 1. The Kier molecular flexibility index (Phi) is 7.24. The van der Waals surface area contributed by atoms with E-state index in [1.165, 1.54) is 18.2 Å². The number of aromatic nitrogens is 3. The summed E-state index contributed by atoms with van der Waals surface area (Å²) in [5.74, 6) is -1.08. The van der Waals surface area contributed by atoms with Crippen LogP contribution in [0.1, 0.15) is 11.4 Å². The van der Waals surface area contributed by atoms with Gasteiger partial charge in [-0.25, -0.2) is 12.8 Å². The lowest BCUT2D eigenvalue weighted by molar-refractivity contribution is -0.113. The number of halogens is 1. The third-order valence-electron chi connectivity index (χ3n) is 4.28. The molecule has 0 atom stereocenters. The molecule has 0 radical (unpaired) electrons. The summed E-state index contributed by atoms with van der Waals surface area (Å²) in [7, 11) is -3.62. The van der Waals surface area contributed by atoms with Gasteiger partial charge in [-0.05, 0) is 31.2 Å². The topological polar surface area (TPSA) is 93.9 Å². The average molecular weight is 461 g/mol. The van der Waals surface area contributed by atoms with Crippen LogP contribution in [-0.4, -0.2) is 34.8 Å². The molecule has 0 spiro atoms. The number of allylic oxidation sites excluding steroid dienone is 1. The Bertz CT molecular complexity index is 1190. The van der Waals surface area contributed by atoms with E-state index in [1.807, 2.05) is 6.92 Å². The Labute approximate surface area is 184 Å². The number of hydrogen-bond acceptors (Lipinski definition) is 6. The zero-order valence-corrected chi connectivity index (χ0v) is 18.4. The highest BCUT2D eigenvalue weighted by molar-refractivity contribution is 7.99. The van der Waals surface area contributed by atoms with Crippen molar-refractivity contribution in [2.24, 2.45) is 0 Å². The fourth-order valence-electron chi connectivity index (χ4n) is 2.72. The standard InChI is InChI=1S/C21H21FN4O3S2/c1-3-12-26-19(14-31(28,29)16-10-8-15(2)9-11-16)24-25-21(26)30-13-20(27)23-18-7-5-4-6-17(18)22/h3-11H,1,12-14H2,2H3,(H,23,27). The Morgan fingerprint density at radius 3 is 2.58 bits per heavy atom. The Balaban J connectivity index is 1.72. The zero-order valence-electron chi connectivity index (χ0n) is 16.8. The number of hydrogen-bond donors (Lipinski definition) is 1. The molecule has 1 amide bonds. The maximum absolute atomic E-state index is 13.7. The van der Waals surface area contributed by atoms with Crippen LogP contribution < -0.4 is 5.32 Å². The quantitative estimate of drug-likeness (QED) is 0.387. The summed E-state index contributed by atoms with van der Waals surface area (Å²) in [6, 6.07) is 12.4. The predicted octanol–water partition coefficient (Wildman–Crippen LogP) is 3.62. The number of para-hydroxylation sites is 1. The smallest absolute Gasteiger partial charge is 0.234 e. The first-order valence-corrected chi connectivity index (χ1v) is 11.9. The third kappa shape index (κ3) is 5.80. The molecule has 0 bridgehead atoms. The first kappa shape index (κ1) is 22.7. The van der Waals surface area contributed by atoms with Gasteiger partial charge in [0.2, 0.25) is 5.91 Å². The van der Waals surface area contributed by atoms with Gasteiger partial charge in [-0.3, -0.25) is 4.79 Å². The summed E-state index contributed by atoms with van der Waals surface area (Å²) in [6.45, 7) is 5.85. The van der Waals surface area contributed by atoms with Crippen molar-refractivity contribution in [1.29, 1.82) is 0 Å². The van der Waals surface area contributed by atoms with Crippen molar-refractivity contribution in [2.45, 2.75) is 29.3 Å². The van der Waals surface area contributed by atoms with Gasteiger partial charge >= 0.3 is 0 Å². The van der Waals surface area contributed by atoms with E-state index in [0.29, 0.717) is 5.16 Å². The van der Waals surface area contributed by atoms with Crippen molar-refractivity contribution in [3.63, 3.8) is 0 Å². The van der Waals surface area contributed by atoms with Gasteiger partial charge in [0.05, 0.1) is 16.3 Å². The van der Waals surface area contributed by atoms with Crippen molar-refractivity contribution < 1.29 is 17.6 Å². The maximum atomic E-state index is 13.7. The number of thioether (sulfide) groups is 1. The first-order chi connectivity index (χ1) is 14.8. The Morgan fingerprint density at radius 1 is 1.19 bits per heavy atom. The zero-order chi connectivity index (χ0) is 22.4. The minimum absolute atomic E-state index is 0.0473. The molecule has 0 aliphatic carbocycles. The monoisotopic (exact) mass is 460 g/mol. The van der Waals surface area contributed by atoms with E-state index in [4.69, 9.17) is 0 Å². The highest BCUT2D eigenvalue weighted by atomic mass is 32.2. The van der Waals surface area contributed by atoms with Crippen LogP contribution in [-0.2, 0) is 26.9 Å². The molecule has 10 heteroatoms. The number of amides is 1. The fourth-order valence-corrected chi connectivity index (χ4v) is 4.76. The van der Waals surface area contributed by atoms with Gasteiger partial charge in [0.1, 0.15) is 17.4 Å². The van der Waals surface area contributed by atoms with Crippen LogP contribution in [0.4, 0.5) is 10.1 Å². The fraction of sp³-hybridized carbons (Fsp3) is 0.190.